The predicted molar refractivity (Wildman–Crippen MR) is 119 cm³/mol. The Kier molecular flexibility index (Phi) is 7.00. The monoisotopic (exact) mass is 431 g/mol. The summed E-state index contributed by atoms with van der Waals surface area (Å²) in [6, 6.07) is 15.9. The minimum atomic E-state index is -0.531. The zero-order chi connectivity index (χ0) is 20.1. The molecule has 5 nitrogen and oxygen atoms in total. The summed E-state index contributed by atoms with van der Waals surface area (Å²) < 4.78 is 6.90. The molecule has 2 aromatic carbocycles. The van der Waals surface area contributed by atoms with E-state index in [-0.39, 0.29) is 6.61 Å². The SMILES string of the molecule is OC(COc1cccc(Cl)c1)CN1CCCC(NCc2nc3ccccc3s2)C1. The highest BCUT2D eigenvalue weighted by atomic mass is 35.5. The van der Waals surface area contributed by atoms with E-state index in [1.807, 2.05) is 18.2 Å². The van der Waals surface area contributed by atoms with Gasteiger partial charge in [0.1, 0.15) is 23.5 Å². The van der Waals surface area contributed by atoms with Crippen molar-refractivity contribution in [3.05, 3.63) is 58.6 Å². The van der Waals surface area contributed by atoms with E-state index in [4.69, 9.17) is 21.3 Å². The number of hydrogen-bond acceptors (Lipinski definition) is 6. The van der Waals surface area contributed by atoms with Crippen LogP contribution in [0.3, 0.4) is 0 Å². The molecule has 7 heteroatoms. The van der Waals surface area contributed by atoms with Crippen LogP contribution in [-0.4, -0.2) is 53.4 Å². The molecule has 1 aliphatic heterocycles. The van der Waals surface area contributed by atoms with Crippen LogP contribution in [-0.2, 0) is 6.54 Å². The van der Waals surface area contributed by atoms with Crippen LogP contribution >= 0.6 is 22.9 Å². The molecule has 2 heterocycles. The minimum Gasteiger partial charge on any atom is -0.491 e. The molecule has 1 saturated heterocycles. The molecule has 0 spiro atoms. The largest absolute Gasteiger partial charge is 0.491 e. The molecule has 0 radical (unpaired) electrons. The topological polar surface area (TPSA) is 57.6 Å². The van der Waals surface area contributed by atoms with Crippen molar-refractivity contribution in [2.75, 3.05) is 26.2 Å². The Morgan fingerprint density at radius 3 is 3.03 bits per heavy atom. The van der Waals surface area contributed by atoms with E-state index in [1.54, 1.807) is 23.5 Å². The first-order chi connectivity index (χ1) is 14.2. The van der Waals surface area contributed by atoms with E-state index in [0.717, 1.165) is 43.0 Å². The fourth-order valence-electron chi connectivity index (χ4n) is 3.72. The van der Waals surface area contributed by atoms with Crippen LogP contribution in [0.5, 0.6) is 5.75 Å². The number of rotatable bonds is 8. The molecule has 0 amide bonds. The lowest BCUT2D eigenvalue weighted by Gasteiger charge is -2.34. The fourth-order valence-corrected chi connectivity index (χ4v) is 4.81. The zero-order valence-corrected chi connectivity index (χ0v) is 17.8. The highest BCUT2D eigenvalue weighted by molar-refractivity contribution is 7.18. The number of aliphatic hydroxyl groups excluding tert-OH is 1. The second-order valence-corrected chi connectivity index (χ2v) is 9.03. The van der Waals surface area contributed by atoms with Gasteiger partial charge in [0.15, 0.2) is 0 Å². The molecule has 0 aliphatic carbocycles. The van der Waals surface area contributed by atoms with Crippen molar-refractivity contribution in [2.24, 2.45) is 0 Å². The highest BCUT2D eigenvalue weighted by Gasteiger charge is 2.22. The van der Waals surface area contributed by atoms with Gasteiger partial charge >= 0.3 is 0 Å². The van der Waals surface area contributed by atoms with E-state index >= 15 is 0 Å². The van der Waals surface area contributed by atoms with Crippen molar-refractivity contribution in [3.63, 3.8) is 0 Å². The second-order valence-electron chi connectivity index (χ2n) is 7.48. The summed E-state index contributed by atoms with van der Waals surface area (Å²) in [4.78, 5) is 7.01. The van der Waals surface area contributed by atoms with Crippen molar-refractivity contribution in [3.8, 4) is 5.75 Å². The maximum Gasteiger partial charge on any atom is 0.120 e. The lowest BCUT2D eigenvalue weighted by atomic mass is 10.1. The van der Waals surface area contributed by atoms with Crippen LogP contribution in [0, 0.1) is 0 Å². The maximum atomic E-state index is 10.4. The van der Waals surface area contributed by atoms with Gasteiger partial charge in [-0.3, -0.25) is 4.90 Å². The Labute approximate surface area is 180 Å². The number of piperidine rings is 1. The Bertz CT molecular complexity index is 902. The first kappa shape index (κ1) is 20.6. The van der Waals surface area contributed by atoms with Crippen LogP contribution in [0.2, 0.25) is 5.02 Å². The lowest BCUT2D eigenvalue weighted by molar-refractivity contribution is 0.0560. The van der Waals surface area contributed by atoms with Gasteiger partial charge in [0.2, 0.25) is 0 Å². The molecule has 0 bridgehead atoms. The summed E-state index contributed by atoms with van der Waals surface area (Å²) in [5, 5.41) is 15.8. The molecular weight excluding hydrogens is 406 g/mol. The van der Waals surface area contributed by atoms with Crippen molar-refractivity contribution < 1.29 is 9.84 Å². The van der Waals surface area contributed by atoms with Gasteiger partial charge in [-0.25, -0.2) is 4.98 Å². The molecule has 1 aliphatic rings. The van der Waals surface area contributed by atoms with Gasteiger partial charge in [0.05, 0.1) is 10.2 Å². The van der Waals surface area contributed by atoms with Crippen LogP contribution in [0.1, 0.15) is 17.8 Å². The van der Waals surface area contributed by atoms with Crippen LogP contribution in [0.4, 0.5) is 0 Å². The average Bonchev–Trinajstić information content (AvgIpc) is 3.14. The molecule has 2 atom stereocenters. The van der Waals surface area contributed by atoms with Gasteiger partial charge in [-0.2, -0.15) is 0 Å². The van der Waals surface area contributed by atoms with Gasteiger partial charge in [-0.1, -0.05) is 29.8 Å². The Morgan fingerprint density at radius 2 is 2.17 bits per heavy atom. The van der Waals surface area contributed by atoms with E-state index in [0.29, 0.717) is 23.4 Å². The van der Waals surface area contributed by atoms with Crippen molar-refractivity contribution in [1.82, 2.24) is 15.2 Å². The smallest absolute Gasteiger partial charge is 0.120 e. The van der Waals surface area contributed by atoms with Crippen LogP contribution in [0.25, 0.3) is 10.2 Å². The number of aromatic nitrogens is 1. The van der Waals surface area contributed by atoms with Gasteiger partial charge < -0.3 is 15.2 Å². The van der Waals surface area contributed by atoms with E-state index < -0.39 is 6.10 Å². The average molecular weight is 432 g/mol. The molecule has 154 valence electrons. The third-order valence-electron chi connectivity index (χ3n) is 5.09. The van der Waals surface area contributed by atoms with Crippen molar-refractivity contribution >= 4 is 33.2 Å². The fraction of sp³-hybridized carbons (Fsp3) is 0.409. The molecule has 2 N–H and O–H groups in total. The Morgan fingerprint density at radius 1 is 1.28 bits per heavy atom. The van der Waals surface area contributed by atoms with Gasteiger partial charge in [0, 0.05) is 30.7 Å². The molecule has 3 aromatic rings. The summed E-state index contributed by atoms with van der Waals surface area (Å²) in [7, 11) is 0. The molecular formula is C22H26ClN3O2S. The number of nitrogens with one attached hydrogen (secondary N) is 1. The van der Waals surface area contributed by atoms with E-state index in [1.165, 1.54) is 4.70 Å². The Balaban J connectivity index is 1.22. The standard InChI is InChI=1S/C22H26ClN3O2S/c23-16-5-3-7-19(11-16)28-15-18(27)14-26-10-4-6-17(13-26)24-12-22-25-20-8-1-2-9-21(20)29-22/h1-3,5,7-9,11,17-18,24,27H,4,6,10,12-15H2. The molecule has 29 heavy (non-hydrogen) atoms. The van der Waals surface area contributed by atoms with Gasteiger partial charge in [0.25, 0.3) is 0 Å². The number of nitrogens with zero attached hydrogens (tertiary/aromatic N) is 2. The van der Waals surface area contributed by atoms with Crippen molar-refractivity contribution in [1.29, 1.82) is 0 Å². The minimum absolute atomic E-state index is 0.265. The molecule has 1 aromatic heterocycles. The third-order valence-corrected chi connectivity index (χ3v) is 6.36. The normalized spacial score (nSPS) is 18.8. The first-order valence-electron chi connectivity index (χ1n) is 10.0. The second kappa shape index (κ2) is 9.87. The summed E-state index contributed by atoms with van der Waals surface area (Å²) in [6.45, 7) is 3.60. The maximum absolute atomic E-state index is 10.4. The number of halogens is 1. The van der Waals surface area contributed by atoms with Gasteiger partial charge in [-0.15, -0.1) is 11.3 Å². The summed E-state index contributed by atoms with van der Waals surface area (Å²) in [5.41, 5.74) is 1.07. The van der Waals surface area contributed by atoms with E-state index in [9.17, 15) is 5.11 Å². The van der Waals surface area contributed by atoms with Crippen LogP contribution < -0.4 is 10.1 Å². The summed E-state index contributed by atoms with van der Waals surface area (Å²) in [6.07, 6.45) is 1.74. The third kappa shape index (κ3) is 5.90. The lowest BCUT2D eigenvalue weighted by Crippen LogP contribution is -2.48. The number of para-hydroxylation sites is 1. The number of aliphatic hydroxyl groups is 1. The molecule has 1 fully saturated rings. The number of β-amino-alcohol motifs (C(OH)–C–C–N with tert-alkyl or cyclic N) is 1. The molecule has 2 unspecified atom stereocenters. The number of likely N-dealkylation sites (tertiary alicyclic amines) is 1. The number of hydrogen-bond donors (Lipinski definition) is 2. The predicted octanol–water partition coefficient (Wildman–Crippen LogP) is 3.94. The zero-order valence-electron chi connectivity index (χ0n) is 16.3. The number of ether oxygens (including phenoxy) is 1. The Hall–Kier alpha value is -1.70. The van der Waals surface area contributed by atoms with Gasteiger partial charge in [-0.05, 0) is 49.7 Å². The number of thiazole rings is 1. The quantitative estimate of drug-likeness (QED) is 0.565. The highest BCUT2D eigenvalue weighted by Crippen LogP contribution is 2.22. The first-order valence-corrected chi connectivity index (χ1v) is 11.2. The van der Waals surface area contributed by atoms with Crippen LogP contribution in [0.15, 0.2) is 48.5 Å². The number of fused-ring (bicyclic) bond motifs is 1. The summed E-state index contributed by atoms with van der Waals surface area (Å²) in [5.74, 6) is 0.686. The van der Waals surface area contributed by atoms with Crippen molar-refractivity contribution in [2.45, 2.75) is 31.5 Å². The number of benzene rings is 2. The molecule has 4 rings (SSSR count). The van der Waals surface area contributed by atoms with E-state index in [2.05, 4.69) is 28.4 Å². The summed E-state index contributed by atoms with van der Waals surface area (Å²) >= 11 is 7.72. The molecule has 0 saturated carbocycles.